The molecule has 0 unspecified atom stereocenters. The van der Waals surface area contributed by atoms with E-state index in [1.807, 2.05) is 18.2 Å². The summed E-state index contributed by atoms with van der Waals surface area (Å²) in [4.78, 5) is 24.3. The summed E-state index contributed by atoms with van der Waals surface area (Å²) in [7, 11) is 0. The lowest BCUT2D eigenvalue weighted by Gasteiger charge is -2.24. The molecule has 22 heavy (non-hydrogen) atoms. The standard InChI is InChI=1S/C16H12Cl2N2O2/c17-12-6-5-9(7-13(12)18)19-16(22)11-8-15(21)20-14-4-2-1-3-10(11)14/h1-7,11H,8H2,(H,19,22)(H,20,21)/t11-/m1/s1. The molecule has 3 rings (SSSR count). The molecule has 0 aromatic heterocycles. The fourth-order valence-electron chi connectivity index (χ4n) is 2.45. The molecule has 6 heteroatoms. The maximum Gasteiger partial charge on any atom is 0.232 e. The SMILES string of the molecule is O=C1C[C@@H](C(=O)Nc2ccc(Cl)c(Cl)c2)c2ccccc2N1. The summed E-state index contributed by atoms with van der Waals surface area (Å²) in [6.07, 6.45) is 0.115. The molecule has 2 aromatic carbocycles. The van der Waals surface area contributed by atoms with Gasteiger partial charge in [-0.1, -0.05) is 41.4 Å². The molecule has 1 atom stereocenters. The van der Waals surface area contributed by atoms with Gasteiger partial charge >= 0.3 is 0 Å². The molecule has 2 N–H and O–H groups in total. The third-order valence-electron chi connectivity index (χ3n) is 3.50. The number of para-hydroxylation sites is 1. The Balaban J connectivity index is 1.86. The maximum absolute atomic E-state index is 12.5. The van der Waals surface area contributed by atoms with E-state index >= 15 is 0 Å². The van der Waals surface area contributed by atoms with Crippen molar-refractivity contribution in [3.8, 4) is 0 Å². The molecule has 0 saturated carbocycles. The first-order valence-corrected chi connectivity index (χ1v) is 7.45. The third-order valence-corrected chi connectivity index (χ3v) is 4.24. The third kappa shape index (κ3) is 2.93. The monoisotopic (exact) mass is 334 g/mol. The van der Waals surface area contributed by atoms with E-state index in [0.717, 1.165) is 5.56 Å². The van der Waals surface area contributed by atoms with Gasteiger partial charge in [0.2, 0.25) is 11.8 Å². The number of amides is 2. The predicted molar refractivity (Wildman–Crippen MR) is 87.5 cm³/mol. The van der Waals surface area contributed by atoms with Gasteiger partial charge in [0.15, 0.2) is 0 Å². The Hall–Kier alpha value is -2.04. The van der Waals surface area contributed by atoms with Gasteiger partial charge in [0.25, 0.3) is 0 Å². The number of nitrogens with one attached hydrogen (secondary N) is 2. The van der Waals surface area contributed by atoms with Gasteiger partial charge in [-0.15, -0.1) is 0 Å². The molecule has 2 aromatic rings. The van der Waals surface area contributed by atoms with Crippen molar-refractivity contribution in [1.29, 1.82) is 0 Å². The number of carbonyl (C=O) groups excluding carboxylic acids is 2. The minimum atomic E-state index is -0.528. The van der Waals surface area contributed by atoms with E-state index in [4.69, 9.17) is 23.2 Å². The Kier molecular flexibility index (Phi) is 4.05. The second-order valence-electron chi connectivity index (χ2n) is 5.01. The van der Waals surface area contributed by atoms with E-state index in [1.165, 1.54) is 0 Å². The molecule has 0 aliphatic carbocycles. The fourth-order valence-corrected chi connectivity index (χ4v) is 2.75. The first-order chi connectivity index (χ1) is 10.5. The first kappa shape index (κ1) is 14.9. The average Bonchev–Trinajstić information content (AvgIpc) is 2.50. The normalized spacial score (nSPS) is 16.6. The Bertz CT molecular complexity index is 762. The molecule has 1 aliphatic heterocycles. The number of carbonyl (C=O) groups is 2. The number of fused-ring (bicyclic) bond motifs is 1. The van der Waals surface area contributed by atoms with Gasteiger partial charge in [-0.3, -0.25) is 9.59 Å². The quantitative estimate of drug-likeness (QED) is 0.870. The zero-order chi connectivity index (χ0) is 15.7. The van der Waals surface area contributed by atoms with Crippen molar-refractivity contribution in [2.45, 2.75) is 12.3 Å². The lowest BCUT2D eigenvalue weighted by atomic mass is 9.90. The highest BCUT2D eigenvalue weighted by Gasteiger charge is 2.30. The molecular formula is C16H12Cl2N2O2. The van der Waals surface area contributed by atoms with Crippen LogP contribution in [-0.2, 0) is 9.59 Å². The van der Waals surface area contributed by atoms with E-state index in [9.17, 15) is 9.59 Å². The van der Waals surface area contributed by atoms with Crippen molar-refractivity contribution < 1.29 is 9.59 Å². The topological polar surface area (TPSA) is 58.2 Å². The Morgan fingerprint density at radius 2 is 1.91 bits per heavy atom. The van der Waals surface area contributed by atoms with Gasteiger partial charge in [-0.2, -0.15) is 0 Å². The van der Waals surface area contributed by atoms with E-state index in [0.29, 0.717) is 21.4 Å². The first-order valence-electron chi connectivity index (χ1n) is 6.69. The van der Waals surface area contributed by atoms with Crippen molar-refractivity contribution >= 4 is 46.4 Å². The molecular weight excluding hydrogens is 323 g/mol. The van der Waals surface area contributed by atoms with Crippen LogP contribution in [0.1, 0.15) is 17.9 Å². The number of hydrogen-bond donors (Lipinski definition) is 2. The van der Waals surface area contributed by atoms with Crippen LogP contribution in [0.25, 0.3) is 0 Å². The van der Waals surface area contributed by atoms with Crippen molar-refractivity contribution in [2.75, 3.05) is 10.6 Å². The summed E-state index contributed by atoms with van der Waals surface area (Å²) in [5.41, 5.74) is 2.02. The van der Waals surface area contributed by atoms with Crippen LogP contribution in [0.3, 0.4) is 0 Å². The number of hydrogen-bond acceptors (Lipinski definition) is 2. The molecule has 0 radical (unpaired) electrons. The lowest BCUT2D eigenvalue weighted by molar-refractivity contribution is -0.123. The smallest absolute Gasteiger partial charge is 0.232 e. The van der Waals surface area contributed by atoms with Gasteiger partial charge in [0, 0.05) is 17.8 Å². The zero-order valence-corrected chi connectivity index (χ0v) is 12.9. The van der Waals surface area contributed by atoms with Crippen LogP contribution in [0.2, 0.25) is 10.0 Å². The summed E-state index contributed by atoms with van der Waals surface area (Å²) in [6, 6.07) is 12.1. The highest BCUT2D eigenvalue weighted by molar-refractivity contribution is 6.42. The fraction of sp³-hybridized carbons (Fsp3) is 0.125. The van der Waals surface area contributed by atoms with E-state index in [1.54, 1.807) is 24.3 Å². The number of benzene rings is 2. The number of anilines is 2. The average molecular weight is 335 g/mol. The van der Waals surface area contributed by atoms with Crippen LogP contribution in [0.5, 0.6) is 0 Å². The Morgan fingerprint density at radius 1 is 1.14 bits per heavy atom. The van der Waals surface area contributed by atoms with Crippen molar-refractivity contribution in [3.63, 3.8) is 0 Å². The number of rotatable bonds is 2. The minimum absolute atomic E-state index is 0.115. The van der Waals surface area contributed by atoms with Crippen LogP contribution in [-0.4, -0.2) is 11.8 Å². The van der Waals surface area contributed by atoms with Crippen LogP contribution < -0.4 is 10.6 Å². The van der Waals surface area contributed by atoms with Gasteiger partial charge < -0.3 is 10.6 Å². The molecule has 0 saturated heterocycles. The van der Waals surface area contributed by atoms with Crippen LogP contribution in [0.15, 0.2) is 42.5 Å². The largest absolute Gasteiger partial charge is 0.326 e. The molecule has 1 heterocycles. The van der Waals surface area contributed by atoms with Gasteiger partial charge in [-0.25, -0.2) is 0 Å². The Morgan fingerprint density at radius 3 is 2.68 bits per heavy atom. The van der Waals surface area contributed by atoms with Crippen LogP contribution in [0.4, 0.5) is 11.4 Å². The summed E-state index contributed by atoms with van der Waals surface area (Å²) < 4.78 is 0. The minimum Gasteiger partial charge on any atom is -0.326 e. The van der Waals surface area contributed by atoms with Crippen molar-refractivity contribution in [1.82, 2.24) is 0 Å². The molecule has 0 spiro atoms. The van der Waals surface area contributed by atoms with E-state index in [2.05, 4.69) is 10.6 Å². The summed E-state index contributed by atoms with van der Waals surface area (Å²) in [5.74, 6) is -0.951. The second kappa shape index (κ2) is 5.99. The highest BCUT2D eigenvalue weighted by Crippen LogP contribution is 2.33. The predicted octanol–water partition coefficient (Wildman–Crippen LogP) is 4.06. The molecule has 1 aliphatic rings. The molecule has 2 amide bonds. The van der Waals surface area contributed by atoms with Crippen LogP contribution >= 0.6 is 23.2 Å². The van der Waals surface area contributed by atoms with Crippen molar-refractivity contribution in [3.05, 3.63) is 58.1 Å². The van der Waals surface area contributed by atoms with Gasteiger partial charge in [0.1, 0.15) is 0 Å². The summed E-state index contributed by atoms with van der Waals surface area (Å²) in [6.45, 7) is 0. The zero-order valence-electron chi connectivity index (χ0n) is 11.4. The summed E-state index contributed by atoms with van der Waals surface area (Å²) in [5, 5.41) is 6.33. The molecule has 0 bridgehead atoms. The Labute approximate surface area is 137 Å². The van der Waals surface area contributed by atoms with Gasteiger partial charge in [-0.05, 0) is 29.8 Å². The highest BCUT2D eigenvalue weighted by atomic mass is 35.5. The van der Waals surface area contributed by atoms with E-state index < -0.39 is 5.92 Å². The maximum atomic E-state index is 12.5. The lowest BCUT2D eigenvalue weighted by Crippen LogP contribution is -2.30. The van der Waals surface area contributed by atoms with Gasteiger partial charge in [0.05, 0.1) is 16.0 Å². The molecule has 112 valence electrons. The molecule has 4 nitrogen and oxygen atoms in total. The van der Waals surface area contributed by atoms with E-state index in [-0.39, 0.29) is 18.2 Å². The second-order valence-corrected chi connectivity index (χ2v) is 5.82. The summed E-state index contributed by atoms with van der Waals surface area (Å²) >= 11 is 11.8. The van der Waals surface area contributed by atoms with Crippen molar-refractivity contribution in [2.24, 2.45) is 0 Å². The number of halogens is 2. The van der Waals surface area contributed by atoms with Crippen LogP contribution in [0, 0.1) is 0 Å². The molecule has 0 fully saturated rings.